The van der Waals surface area contributed by atoms with Crippen molar-refractivity contribution in [2.45, 2.75) is 25.7 Å². The molecule has 40 heavy (non-hydrogen) atoms. The Morgan fingerprint density at radius 2 is 1.77 bits per heavy atom. The van der Waals surface area contributed by atoms with Crippen molar-refractivity contribution in [3.05, 3.63) is 101 Å². The van der Waals surface area contributed by atoms with E-state index < -0.39 is 23.7 Å². The van der Waals surface area contributed by atoms with E-state index >= 15 is 0 Å². The quantitative estimate of drug-likeness (QED) is 0.336. The van der Waals surface area contributed by atoms with Crippen molar-refractivity contribution in [1.82, 2.24) is 0 Å². The number of benzene rings is 2. The van der Waals surface area contributed by atoms with Gasteiger partial charge in [-0.15, -0.1) is 0 Å². The Morgan fingerprint density at radius 3 is 2.50 bits per heavy atom. The van der Waals surface area contributed by atoms with Crippen LogP contribution in [0.1, 0.15) is 36.8 Å². The second kappa shape index (κ2) is 9.99. The van der Waals surface area contributed by atoms with E-state index in [4.69, 9.17) is 4.74 Å². The van der Waals surface area contributed by atoms with Crippen LogP contribution in [-0.4, -0.2) is 41.7 Å². The number of amides is 2. The molecular formula is C33H29NO6. The number of ketones is 2. The highest BCUT2D eigenvalue weighted by molar-refractivity contribution is 6.25. The summed E-state index contributed by atoms with van der Waals surface area (Å²) in [5.74, 6) is -2.69. The molecule has 1 heterocycles. The number of aliphatic hydroxyl groups is 1. The number of nitrogens with zero attached hydrogens (tertiary/aromatic N) is 1. The lowest BCUT2D eigenvalue weighted by Crippen LogP contribution is -2.40. The lowest BCUT2D eigenvalue weighted by molar-refractivity contribution is -0.123. The predicted molar refractivity (Wildman–Crippen MR) is 149 cm³/mol. The lowest BCUT2D eigenvalue weighted by Gasteiger charge is -2.42. The minimum atomic E-state index is -0.649. The van der Waals surface area contributed by atoms with Crippen molar-refractivity contribution in [3.8, 4) is 5.75 Å². The Morgan fingerprint density at radius 1 is 1.02 bits per heavy atom. The summed E-state index contributed by atoms with van der Waals surface area (Å²) >= 11 is 0. The molecule has 2 aromatic carbocycles. The number of anilines is 1. The number of allylic oxidation sites excluding steroid dienone is 6. The number of hydrogen-bond donors (Lipinski definition) is 1. The molecule has 202 valence electrons. The Balaban J connectivity index is 1.47. The third-order valence-corrected chi connectivity index (χ3v) is 8.53. The SMILES string of the molecule is C=Cc1ccc(N2C(=O)C3CC=C4C(c5ccccc5OCCO)C5=C(CC4C3C2=O)C(=O)C=C(C)C5=O)cc1. The van der Waals surface area contributed by atoms with Gasteiger partial charge in [-0.05, 0) is 55.5 Å². The van der Waals surface area contributed by atoms with Gasteiger partial charge in [0.1, 0.15) is 12.4 Å². The van der Waals surface area contributed by atoms with Crippen LogP contribution < -0.4 is 9.64 Å². The molecule has 0 spiro atoms. The first-order chi connectivity index (χ1) is 19.3. The largest absolute Gasteiger partial charge is 0.491 e. The first kappa shape index (κ1) is 25.9. The lowest BCUT2D eigenvalue weighted by atomic mass is 9.59. The fourth-order valence-corrected chi connectivity index (χ4v) is 6.74. The van der Waals surface area contributed by atoms with Crippen LogP contribution in [0.5, 0.6) is 5.75 Å². The zero-order chi connectivity index (χ0) is 28.1. The number of rotatable bonds is 6. The molecule has 4 atom stereocenters. The molecule has 0 bridgehead atoms. The molecule has 1 saturated heterocycles. The van der Waals surface area contributed by atoms with E-state index in [2.05, 4.69) is 6.58 Å². The van der Waals surface area contributed by atoms with Crippen molar-refractivity contribution in [3.63, 3.8) is 0 Å². The average Bonchev–Trinajstić information content (AvgIpc) is 3.23. The molecule has 0 saturated carbocycles. The summed E-state index contributed by atoms with van der Waals surface area (Å²) in [7, 11) is 0. The van der Waals surface area contributed by atoms with Gasteiger partial charge in [0, 0.05) is 28.2 Å². The molecular weight excluding hydrogens is 506 g/mol. The average molecular weight is 536 g/mol. The molecule has 4 unspecified atom stereocenters. The van der Waals surface area contributed by atoms with Crippen LogP contribution in [0.2, 0.25) is 0 Å². The number of imide groups is 1. The summed E-state index contributed by atoms with van der Waals surface area (Å²) in [5, 5.41) is 9.39. The molecule has 1 N–H and O–H groups in total. The maximum Gasteiger partial charge on any atom is 0.238 e. The van der Waals surface area contributed by atoms with Gasteiger partial charge in [0.15, 0.2) is 11.6 Å². The summed E-state index contributed by atoms with van der Waals surface area (Å²) in [4.78, 5) is 55.8. The summed E-state index contributed by atoms with van der Waals surface area (Å²) in [6, 6.07) is 14.4. The maximum atomic E-state index is 14.0. The fourth-order valence-electron chi connectivity index (χ4n) is 6.74. The summed E-state index contributed by atoms with van der Waals surface area (Å²) in [6.45, 7) is 5.29. The molecule has 0 radical (unpaired) electrons. The van der Waals surface area contributed by atoms with Crippen molar-refractivity contribution in [1.29, 1.82) is 0 Å². The third-order valence-electron chi connectivity index (χ3n) is 8.53. The van der Waals surface area contributed by atoms with Crippen molar-refractivity contribution < 1.29 is 29.0 Å². The predicted octanol–water partition coefficient (Wildman–Crippen LogP) is 4.33. The molecule has 4 aliphatic rings. The highest BCUT2D eigenvalue weighted by Gasteiger charge is 2.56. The smallest absolute Gasteiger partial charge is 0.238 e. The molecule has 1 aliphatic heterocycles. The van der Waals surface area contributed by atoms with Crippen molar-refractivity contribution in [2.24, 2.45) is 17.8 Å². The van der Waals surface area contributed by atoms with Gasteiger partial charge in [-0.25, -0.2) is 0 Å². The molecule has 0 aromatic heterocycles. The van der Waals surface area contributed by atoms with Gasteiger partial charge < -0.3 is 9.84 Å². The number of Topliss-reactive ketones (excluding diaryl/α,β-unsaturated/α-hetero) is 1. The third kappa shape index (κ3) is 3.92. The summed E-state index contributed by atoms with van der Waals surface area (Å²) in [5.41, 5.74) is 4.13. The number of para-hydroxylation sites is 1. The number of ether oxygens (including phenoxy) is 1. The van der Waals surface area contributed by atoms with Gasteiger partial charge in [-0.2, -0.15) is 0 Å². The van der Waals surface area contributed by atoms with E-state index in [1.165, 1.54) is 11.0 Å². The Labute approximate surface area is 232 Å². The first-order valence-corrected chi connectivity index (χ1v) is 13.5. The van der Waals surface area contributed by atoms with E-state index in [1.54, 1.807) is 31.2 Å². The van der Waals surface area contributed by atoms with Gasteiger partial charge in [0.05, 0.1) is 24.1 Å². The van der Waals surface area contributed by atoms with Crippen LogP contribution in [0.4, 0.5) is 5.69 Å². The zero-order valence-electron chi connectivity index (χ0n) is 22.1. The standard InChI is InChI=1S/C33H29NO6/c1-3-19-8-10-20(11-9-19)34-32(38)23-13-12-21-24(29(23)33(34)39)17-25-26(36)16-18(2)31(37)30(25)28(21)22-6-4-5-7-27(22)40-15-14-35/h3-12,16,23-24,28-29,35H,1,13-15,17H2,2H3. The van der Waals surface area contributed by atoms with Gasteiger partial charge >= 0.3 is 0 Å². The van der Waals surface area contributed by atoms with Crippen molar-refractivity contribution in [2.75, 3.05) is 18.1 Å². The highest BCUT2D eigenvalue weighted by atomic mass is 16.5. The Bertz CT molecular complexity index is 1560. The van der Waals surface area contributed by atoms with E-state index in [1.807, 2.05) is 36.4 Å². The van der Waals surface area contributed by atoms with Crippen molar-refractivity contribution >= 4 is 35.1 Å². The number of carbonyl (C=O) groups is 4. The summed E-state index contributed by atoms with van der Waals surface area (Å²) in [6.07, 6.45) is 5.63. The molecule has 1 fully saturated rings. The molecule has 7 nitrogen and oxygen atoms in total. The monoisotopic (exact) mass is 535 g/mol. The Hall–Kier alpha value is -4.36. The van der Waals surface area contributed by atoms with Gasteiger partial charge in [-0.1, -0.05) is 54.6 Å². The van der Waals surface area contributed by atoms with Crippen LogP contribution in [0.15, 0.2) is 89.6 Å². The molecule has 6 rings (SSSR count). The minimum Gasteiger partial charge on any atom is -0.491 e. The molecule has 3 aliphatic carbocycles. The first-order valence-electron chi connectivity index (χ1n) is 13.5. The number of hydrogen-bond acceptors (Lipinski definition) is 6. The van der Waals surface area contributed by atoms with E-state index in [0.29, 0.717) is 40.1 Å². The van der Waals surface area contributed by atoms with Crippen LogP contribution >= 0.6 is 0 Å². The van der Waals surface area contributed by atoms with Crippen LogP contribution in [0.3, 0.4) is 0 Å². The number of fused-ring (bicyclic) bond motifs is 3. The zero-order valence-corrected chi connectivity index (χ0v) is 22.1. The van der Waals surface area contributed by atoms with Gasteiger partial charge in [0.2, 0.25) is 11.8 Å². The van der Waals surface area contributed by atoms with E-state index in [9.17, 15) is 24.3 Å². The van der Waals surface area contributed by atoms with Gasteiger partial charge in [-0.3, -0.25) is 24.1 Å². The van der Waals surface area contributed by atoms with E-state index in [-0.39, 0.29) is 43.0 Å². The van der Waals surface area contributed by atoms with Gasteiger partial charge in [0.25, 0.3) is 0 Å². The summed E-state index contributed by atoms with van der Waals surface area (Å²) < 4.78 is 5.86. The molecule has 7 heteroatoms. The molecule has 2 amide bonds. The minimum absolute atomic E-state index is 0.0706. The number of aliphatic hydroxyl groups excluding tert-OH is 1. The highest BCUT2D eigenvalue weighted by Crippen LogP contribution is 2.56. The second-order valence-corrected chi connectivity index (χ2v) is 10.6. The maximum absolute atomic E-state index is 14.0. The van der Waals surface area contributed by atoms with E-state index in [0.717, 1.165) is 11.1 Å². The van der Waals surface area contributed by atoms with Crippen LogP contribution in [0.25, 0.3) is 6.08 Å². The normalized spacial score (nSPS) is 25.7. The van der Waals surface area contributed by atoms with Crippen LogP contribution in [0, 0.1) is 17.8 Å². The number of carbonyl (C=O) groups excluding carboxylic acids is 4. The topological polar surface area (TPSA) is 101 Å². The Kier molecular flexibility index (Phi) is 6.47. The van der Waals surface area contributed by atoms with Crippen LogP contribution in [-0.2, 0) is 19.2 Å². The fraction of sp³-hybridized carbons (Fsp3) is 0.273. The molecule has 2 aromatic rings. The second-order valence-electron chi connectivity index (χ2n) is 10.6.